The molecular weight excluding hydrogens is 332 g/mol. The van der Waals surface area contributed by atoms with E-state index < -0.39 is 41.6 Å². The van der Waals surface area contributed by atoms with Gasteiger partial charge in [-0.3, -0.25) is 14.5 Å². The van der Waals surface area contributed by atoms with Crippen molar-refractivity contribution in [3.8, 4) is 0 Å². The number of nitrogens with zero attached hydrogens (tertiary/aromatic N) is 1. The molecule has 1 saturated heterocycles. The Labute approximate surface area is 143 Å². The zero-order valence-corrected chi connectivity index (χ0v) is 13.8. The fraction of sp³-hybridized carbons (Fsp3) is 0.471. The largest absolute Gasteiger partial charge is 0.325 e. The first kappa shape index (κ1) is 17.3. The van der Waals surface area contributed by atoms with Gasteiger partial charge in [-0.15, -0.1) is 0 Å². The number of halogens is 2. The molecule has 1 aliphatic heterocycles. The summed E-state index contributed by atoms with van der Waals surface area (Å²) in [5, 5.41) is 4.93. The van der Waals surface area contributed by atoms with Crippen molar-refractivity contribution in [1.82, 2.24) is 10.2 Å². The van der Waals surface area contributed by atoms with Crippen LogP contribution in [0, 0.1) is 17.6 Å². The van der Waals surface area contributed by atoms with E-state index in [1.165, 1.54) is 0 Å². The molecule has 1 saturated carbocycles. The molecule has 2 aliphatic rings. The number of urea groups is 1. The maximum absolute atomic E-state index is 13.6. The second kappa shape index (κ2) is 6.42. The Morgan fingerprint density at radius 2 is 2.12 bits per heavy atom. The Balaban J connectivity index is 1.72. The number of amides is 4. The molecule has 2 atom stereocenters. The molecule has 0 unspecified atom stereocenters. The molecule has 4 amide bonds. The van der Waals surface area contributed by atoms with E-state index in [-0.39, 0.29) is 11.6 Å². The smallest absolute Gasteiger partial charge is 0.323 e. The van der Waals surface area contributed by atoms with E-state index in [2.05, 4.69) is 10.6 Å². The van der Waals surface area contributed by atoms with Crippen LogP contribution in [-0.2, 0) is 9.59 Å². The third-order valence-corrected chi connectivity index (χ3v) is 5.01. The van der Waals surface area contributed by atoms with E-state index in [1.54, 1.807) is 0 Å². The van der Waals surface area contributed by atoms with Gasteiger partial charge < -0.3 is 10.6 Å². The lowest BCUT2D eigenvalue weighted by molar-refractivity contribution is -0.136. The molecule has 1 aliphatic carbocycles. The van der Waals surface area contributed by atoms with Crippen molar-refractivity contribution < 1.29 is 23.2 Å². The first-order valence-corrected chi connectivity index (χ1v) is 8.22. The number of nitrogens with one attached hydrogen (secondary N) is 2. The van der Waals surface area contributed by atoms with Crippen LogP contribution in [0.4, 0.5) is 19.3 Å². The van der Waals surface area contributed by atoms with Crippen molar-refractivity contribution in [2.75, 3.05) is 11.9 Å². The number of imide groups is 1. The average molecular weight is 351 g/mol. The summed E-state index contributed by atoms with van der Waals surface area (Å²) in [6, 6.07) is 2.02. The minimum absolute atomic E-state index is 0.0218. The predicted octanol–water partition coefficient (Wildman–Crippen LogP) is 2.40. The van der Waals surface area contributed by atoms with E-state index in [1.807, 2.05) is 6.92 Å². The number of carbonyl (C=O) groups is 3. The molecule has 1 aromatic rings. The van der Waals surface area contributed by atoms with Crippen LogP contribution in [0.15, 0.2) is 18.2 Å². The summed E-state index contributed by atoms with van der Waals surface area (Å²) >= 11 is 0. The lowest BCUT2D eigenvalue weighted by atomic mass is 9.73. The van der Waals surface area contributed by atoms with Crippen LogP contribution >= 0.6 is 0 Å². The van der Waals surface area contributed by atoms with Gasteiger partial charge in [0.1, 0.15) is 23.7 Å². The molecule has 1 heterocycles. The van der Waals surface area contributed by atoms with Crippen LogP contribution in [0.25, 0.3) is 0 Å². The molecule has 0 bridgehead atoms. The topological polar surface area (TPSA) is 78.5 Å². The SMILES string of the molecule is C[C@H]1CCCC[C@]12NC(=O)N(CC(=O)Nc1cc(F)ccc1F)C2=O. The van der Waals surface area contributed by atoms with Gasteiger partial charge in [0.05, 0.1) is 5.69 Å². The molecule has 3 rings (SSSR count). The highest BCUT2D eigenvalue weighted by molar-refractivity contribution is 6.10. The average Bonchev–Trinajstić information content (AvgIpc) is 2.79. The summed E-state index contributed by atoms with van der Waals surface area (Å²) in [5.74, 6) is -2.73. The van der Waals surface area contributed by atoms with E-state index in [4.69, 9.17) is 0 Å². The summed E-state index contributed by atoms with van der Waals surface area (Å²) in [6.07, 6.45) is 3.17. The highest BCUT2D eigenvalue weighted by atomic mass is 19.1. The van der Waals surface area contributed by atoms with Crippen LogP contribution < -0.4 is 10.6 Å². The zero-order chi connectivity index (χ0) is 18.2. The maximum atomic E-state index is 13.6. The minimum atomic E-state index is -0.959. The molecular formula is C17H19F2N3O3. The van der Waals surface area contributed by atoms with Crippen LogP contribution in [0.5, 0.6) is 0 Å². The molecule has 2 fully saturated rings. The molecule has 25 heavy (non-hydrogen) atoms. The first-order chi connectivity index (χ1) is 11.8. The molecule has 0 radical (unpaired) electrons. The van der Waals surface area contributed by atoms with Crippen molar-refractivity contribution in [3.05, 3.63) is 29.8 Å². The molecule has 134 valence electrons. The molecule has 1 spiro atoms. The fourth-order valence-corrected chi connectivity index (χ4v) is 3.57. The van der Waals surface area contributed by atoms with Crippen molar-refractivity contribution in [2.45, 2.75) is 38.1 Å². The Morgan fingerprint density at radius 3 is 2.84 bits per heavy atom. The van der Waals surface area contributed by atoms with Crippen molar-refractivity contribution in [1.29, 1.82) is 0 Å². The standard InChI is InChI=1S/C17H19F2N3O3/c1-10-4-2-3-7-17(10)15(24)22(16(25)21-17)9-14(23)20-13-8-11(18)5-6-12(13)19/h5-6,8,10H,2-4,7,9H2,1H3,(H,20,23)(H,21,25)/t10-,17-/m0/s1. The number of rotatable bonds is 3. The quantitative estimate of drug-likeness (QED) is 0.821. The zero-order valence-electron chi connectivity index (χ0n) is 13.8. The van der Waals surface area contributed by atoms with E-state index in [9.17, 15) is 23.2 Å². The number of benzene rings is 1. The fourth-order valence-electron chi connectivity index (χ4n) is 3.57. The Bertz CT molecular complexity index is 740. The molecule has 6 nitrogen and oxygen atoms in total. The number of hydrogen-bond acceptors (Lipinski definition) is 3. The van der Waals surface area contributed by atoms with Crippen molar-refractivity contribution >= 4 is 23.5 Å². The number of carbonyl (C=O) groups excluding carboxylic acids is 3. The second-order valence-corrected chi connectivity index (χ2v) is 6.61. The lowest BCUT2D eigenvalue weighted by Crippen LogP contribution is -2.54. The normalized spacial score (nSPS) is 26.0. The summed E-state index contributed by atoms with van der Waals surface area (Å²) in [6.45, 7) is 1.36. The van der Waals surface area contributed by atoms with Gasteiger partial charge in [-0.05, 0) is 30.9 Å². The molecule has 2 N–H and O–H groups in total. The van der Waals surface area contributed by atoms with Gasteiger partial charge in [-0.1, -0.05) is 19.8 Å². The van der Waals surface area contributed by atoms with Gasteiger partial charge in [0.25, 0.3) is 5.91 Å². The Kier molecular flexibility index (Phi) is 4.45. The summed E-state index contributed by atoms with van der Waals surface area (Å²) < 4.78 is 26.8. The van der Waals surface area contributed by atoms with Crippen LogP contribution in [0.2, 0.25) is 0 Å². The summed E-state index contributed by atoms with van der Waals surface area (Å²) in [5.41, 5.74) is -1.29. The van der Waals surface area contributed by atoms with Crippen LogP contribution in [0.3, 0.4) is 0 Å². The number of hydrogen-bond donors (Lipinski definition) is 2. The maximum Gasteiger partial charge on any atom is 0.325 e. The van der Waals surface area contributed by atoms with Crippen LogP contribution in [-0.4, -0.2) is 34.8 Å². The Morgan fingerprint density at radius 1 is 1.36 bits per heavy atom. The van der Waals surface area contributed by atoms with E-state index in [0.717, 1.165) is 42.4 Å². The molecule has 1 aromatic carbocycles. The van der Waals surface area contributed by atoms with E-state index in [0.29, 0.717) is 6.42 Å². The minimum Gasteiger partial charge on any atom is -0.323 e. The van der Waals surface area contributed by atoms with Gasteiger partial charge in [-0.25, -0.2) is 13.6 Å². The van der Waals surface area contributed by atoms with Gasteiger partial charge in [0.15, 0.2) is 0 Å². The third kappa shape index (κ3) is 3.08. The molecule has 0 aromatic heterocycles. The highest BCUT2D eigenvalue weighted by Crippen LogP contribution is 2.38. The predicted molar refractivity (Wildman–Crippen MR) is 85.6 cm³/mol. The van der Waals surface area contributed by atoms with Crippen molar-refractivity contribution in [3.63, 3.8) is 0 Å². The summed E-state index contributed by atoms with van der Waals surface area (Å²) in [4.78, 5) is 37.9. The lowest BCUT2D eigenvalue weighted by Gasteiger charge is -2.36. The van der Waals surface area contributed by atoms with Gasteiger partial charge >= 0.3 is 6.03 Å². The summed E-state index contributed by atoms with van der Waals surface area (Å²) in [7, 11) is 0. The van der Waals surface area contributed by atoms with Gasteiger partial charge in [0, 0.05) is 6.07 Å². The highest BCUT2D eigenvalue weighted by Gasteiger charge is 2.55. The van der Waals surface area contributed by atoms with E-state index >= 15 is 0 Å². The molecule has 8 heteroatoms. The van der Waals surface area contributed by atoms with Crippen LogP contribution in [0.1, 0.15) is 32.6 Å². The monoisotopic (exact) mass is 351 g/mol. The van der Waals surface area contributed by atoms with Crippen molar-refractivity contribution in [2.24, 2.45) is 5.92 Å². The van der Waals surface area contributed by atoms with Gasteiger partial charge in [-0.2, -0.15) is 0 Å². The van der Waals surface area contributed by atoms with Gasteiger partial charge in [0.2, 0.25) is 5.91 Å². The third-order valence-electron chi connectivity index (χ3n) is 5.01. The number of anilines is 1. The first-order valence-electron chi connectivity index (χ1n) is 8.22. The Hall–Kier alpha value is -2.51. The second-order valence-electron chi connectivity index (χ2n) is 6.61.